The van der Waals surface area contributed by atoms with Gasteiger partial charge in [-0.15, -0.1) is 0 Å². The van der Waals surface area contributed by atoms with Crippen LogP contribution in [0, 0.1) is 18.8 Å². The summed E-state index contributed by atoms with van der Waals surface area (Å²) in [6.45, 7) is 2.47. The Balaban J connectivity index is 1.82. The molecule has 1 aromatic rings. The summed E-state index contributed by atoms with van der Waals surface area (Å²) in [4.78, 5) is 27.0. The van der Waals surface area contributed by atoms with Gasteiger partial charge < -0.3 is 10.4 Å². The van der Waals surface area contributed by atoms with Crippen LogP contribution in [0.3, 0.4) is 0 Å². The zero-order chi connectivity index (χ0) is 14.5. The monoisotopic (exact) mass is 276 g/mol. The molecule has 1 saturated carbocycles. The lowest BCUT2D eigenvalue weighted by atomic mass is 9.81. The maximum absolute atomic E-state index is 12.1. The molecule has 1 aliphatic carbocycles. The number of aromatic nitrogens is 1. The molecule has 1 aromatic heterocycles. The van der Waals surface area contributed by atoms with Gasteiger partial charge in [0.2, 0.25) is 5.91 Å². The Kier molecular flexibility index (Phi) is 4.71. The van der Waals surface area contributed by atoms with Gasteiger partial charge in [0.05, 0.1) is 5.92 Å². The highest BCUT2D eigenvalue weighted by Crippen LogP contribution is 2.29. The van der Waals surface area contributed by atoms with Crippen molar-refractivity contribution in [2.75, 3.05) is 0 Å². The van der Waals surface area contributed by atoms with Crippen molar-refractivity contribution in [3.63, 3.8) is 0 Å². The molecule has 0 radical (unpaired) electrons. The number of hydrogen-bond donors (Lipinski definition) is 2. The molecule has 0 unspecified atom stereocenters. The fourth-order valence-corrected chi connectivity index (χ4v) is 2.61. The third kappa shape index (κ3) is 3.56. The van der Waals surface area contributed by atoms with Crippen LogP contribution in [0.15, 0.2) is 18.5 Å². The van der Waals surface area contributed by atoms with Crippen molar-refractivity contribution in [3.05, 3.63) is 29.6 Å². The van der Waals surface area contributed by atoms with Crippen LogP contribution in [0.5, 0.6) is 0 Å². The number of nitrogens with zero attached hydrogens (tertiary/aromatic N) is 1. The molecule has 0 spiro atoms. The van der Waals surface area contributed by atoms with Crippen LogP contribution in [0.25, 0.3) is 0 Å². The van der Waals surface area contributed by atoms with E-state index >= 15 is 0 Å². The second-order valence-electron chi connectivity index (χ2n) is 5.41. The fraction of sp³-hybridized carbons (Fsp3) is 0.533. The van der Waals surface area contributed by atoms with Crippen LogP contribution in [0.2, 0.25) is 0 Å². The topological polar surface area (TPSA) is 79.3 Å². The molecular formula is C15H20N2O3. The number of aryl methyl sites for hydroxylation is 1. The Labute approximate surface area is 118 Å². The van der Waals surface area contributed by atoms with Crippen LogP contribution < -0.4 is 5.32 Å². The van der Waals surface area contributed by atoms with Gasteiger partial charge >= 0.3 is 5.97 Å². The largest absolute Gasteiger partial charge is 0.481 e. The van der Waals surface area contributed by atoms with Gasteiger partial charge in [-0.05, 0) is 49.8 Å². The molecule has 108 valence electrons. The lowest BCUT2D eigenvalue weighted by Crippen LogP contribution is -2.34. The highest BCUT2D eigenvalue weighted by Gasteiger charge is 2.29. The average molecular weight is 276 g/mol. The van der Waals surface area contributed by atoms with Gasteiger partial charge in [0.1, 0.15) is 0 Å². The first-order valence-corrected chi connectivity index (χ1v) is 6.98. The predicted octanol–water partition coefficient (Wildman–Crippen LogP) is 1.90. The number of pyridine rings is 1. The standard InChI is InChI=1S/C15H20N2O3/c1-10-6-7-16-8-13(10)9-17-14(18)11-2-4-12(5-3-11)15(19)20/h6-8,11-12H,2-5,9H2,1H3,(H,17,18)(H,19,20). The Hall–Kier alpha value is -1.91. The number of rotatable bonds is 4. The van der Waals surface area contributed by atoms with Crippen LogP contribution in [-0.4, -0.2) is 22.0 Å². The summed E-state index contributed by atoms with van der Waals surface area (Å²) in [5.41, 5.74) is 2.12. The molecule has 0 saturated heterocycles. The van der Waals surface area contributed by atoms with Gasteiger partial charge in [0.15, 0.2) is 0 Å². The second-order valence-corrected chi connectivity index (χ2v) is 5.41. The van der Waals surface area contributed by atoms with E-state index in [2.05, 4.69) is 10.3 Å². The highest BCUT2D eigenvalue weighted by molar-refractivity contribution is 5.79. The molecule has 20 heavy (non-hydrogen) atoms. The predicted molar refractivity (Wildman–Crippen MR) is 73.9 cm³/mol. The quantitative estimate of drug-likeness (QED) is 0.880. The average Bonchev–Trinajstić information content (AvgIpc) is 2.46. The van der Waals surface area contributed by atoms with Gasteiger partial charge in [-0.3, -0.25) is 14.6 Å². The molecule has 2 N–H and O–H groups in total. The number of hydrogen-bond acceptors (Lipinski definition) is 3. The minimum Gasteiger partial charge on any atom is -0.481 e. The van der Waals surface area contributed by atoms with E-state index in [1.807, 2.05) is 13.0 Å². The van der Waals surface area contributed by atoms with Crippen molar-refractivity contribution in [1.29, 1.82) is 0 Å². The molecule has 0 atom stereocenters. The fourth-order valence-electron chi connectivity index (χ4n) is 2.61. The van der Waals surface area contributed by atoms with Crippen LogP contribution >= 0.6 is 0 Å². The maximum atomic E-state index is 12.1. The molecule has 1 fully saturated rings. The smallest absolute Gasteiger partial charge is 0.306 e. The van der Waals surface area contributed by atoms with Crippen LogP contribution in [0.4, 0.5) is 0 Å². The molecule has 2 rings (SSSR count). The molecule has 1 amide bonds. The van der Waals surface area contributed by atoms with E-state index in [-0.39, 0.29) is 17.7 Å². The first-order chi connectivity index (χ1) is 9.58. The number of carboxylic acids is 1. The maximum Gasteiger partial charge on any atom is 0.306 e. The number of carbonyl (C=O) groups excluding carboxylic acids is 1. The molecule has 5 nitrogen and oxygen atoms in total. The van der Waals surface area contributed by atoms with E-state index in [9.17, 15) is 9.59 Å². The molecular weight excluding hydrogens is 256 g/mol. The van der Waals surface area contributed by atoms with Gasteiger partial charge in [-0.25, -0.2) is 0 Å². The molecule has 0 bridgehead atoms. The summed E-state index contributed by atoms with van der Waals surface area (Å²) >= 11 is 0. The van der Waals surface area contributed by atoms with Crippen molar-refractivity contribution < 1.29 is 14.7 Å². The van der Waals surface area contributed by atoms with E-state index in [1.165, 1.54) is 0 Å². The summed E-state index contributed by atoms with van der Waals surface area (Å²) in [7, 11) is 0. The van der Waals surface area contributed by atoms with Crippen molar-refractivity contribution in [2.45, 2.75) is 39.2 Å². The SMILES string of the molecule is Cc1ccncc1CNC(=O)C1CCC(C(=O)O)CC1. The normalized spacial score (nSPS) is 22.2. The number of carbonyl (C=O) groups is 2. The molecule has 5 heteroatoms. The van der Waals surface area contributed by atoms with Gasteiger partial charge in [-0.1, -0.05) is 0 Å². The number of amides is 1. The zero-order valence-corrected chi connectivity index (χ0v) is 11.6. The zero-order valence-electron chi connectivity index (χ0n) is 11.6. The highest BCUT2D eigenvalue weighted by atomic mass is 16.4. The lowest BCUT2D eigenvalue weighted by Gasteiger charge is -2.25. The molecule has 0 aromatic carbocycles. The summed E-state index contributed by atoms with van der Waals surface area (Å²) < 4.78 is 0. The number of nitrogens with one attached hydrogen (secondary N) is 1. The number of aliphatic carboxylic acids is 1. The molecule has 0 aliphatic heterocycles. The van der Waals surface area contributed by atoms with Gasteiger partial charge in [-0.2, -0.15) is 0 Å². The van der Waals surface area contributed by atoms with Crippen molar-refractivity contribution in [1.82, 2.24) is 10.3 Å². The van der Waals surface area contributed by atoms with E-state index in [0.717, 1.165) is 11.1 Å². The van der Waals surface area contributed by atoms with Crippen molar-refractivity contribution in [2.24, 2.45) is 11.8 Å². The molecule has 1 heterocycles. The van der Waals surface area contributed by atoms with Gasteiger partial charge in [0, 0.05) is 24.9 Å². The summed E-state index contributed by atoms with van der Waals surface area (Å²) in [5.74, 6) is -1.05. The van der Waals surface area contributed by atoms with E-state index < -0.39 is 5.97 Å². The van der Waals surface area contributed by atoms with Crippen molar-refractivity contribution in [3.8, 4) is 0 Å². The summed E-state index contributed by atoms with van der Waals surface area (Å²) in [6, 6.07) is 1.92. The lowest BCUT2D eigenvalue weighted by molar-refractivity contribution is -0.144. The first kappa shape index (κ1) is 14.5. The minimum atomic E-state index is -0.741. The number of carboxylic acid groups (broad SMARTS) is 1. The second kappa shape index (κ2) is 6.50. The van der Waals surface area contributed by atoms with Crippen LogP contribution in [-0.2, 0) is 16.1 Å². The van der Waals surface area contributed by atoms with Crippen LogP contribution in [0.1, 0.15) is 36.8 Å². The Bertz CT molecular complexity index is 494. The summed E-state index contributed by atoms with van der Waals surface area (Å²) in [6.07, 6.45) is 6.01. The van der Waals surface area contributed by atoms with Crippen molar-refractivity contribution >= 4 is 11.9 Å². The third-order valence-corrected chi connectivity index (χ3v) is 4.05. The minimum absolute atomic E-state index is 0.0251. The third-order valence-electron chi connectivity index (χ3n) is 4.05. The Morgan fingerprint density at radius 1 is 1.30 bits per heavy atom. The van der Waals surface area contributed by atoms with E-state index in [1.54, 1.807) is 12.4 Å². The van der Waals surface area contributed by atoms with Gasteiger partial charge in [0.25, 0.3) is 0 Å². The summed E-state index contributed by atoms with van der Waals surface area (Å²) in [5, 5.41) is 11.9. The Morgan fingerprint density at radius 2 is 1.95 bits per heavy atom. The Morgan fingerprint density at radius 3 is 2.55 bits per heavy atom. The molecule has 1 aliphatic rings. The van der Waals surface area contributed by atoms with E-state index in [4.69, 9.17) is 5.11 Å². The van der Waals surface area contributed by atoms with E-state index in [0.29, 0.717) is 32.2 Å². The first-order valence-electron chi connectivity index (χ1n) is 6.98.